The number of nitrogens with one attached hydrogen (secondary N) is 1. The summed E-state index contributed by atoms with van der Waals surface area (Å²) in [4.78, 5) is 27.9. The molecule has 1 atom stereocenters. The number of hydrogen-bond acceptors (Lipinski definition) is 6. The Morgan fingerprint density at radius 3 is 2.53 bits per heavy atom. The zero-order valence-corrected chi connectivity index (χ0v) is 21.3. The number of nitriles is 1. The molecule has 0 saturated carbocycles. The largest absolute Gasteiger partial charge is 0.489 e. The Balaban J connectivity index is 1.55. The van der Waals surface area contributed by atoms with Crippen molar-refractivity contribution in [2.75, 3.05) is 11.5 Å². The third-order valence-corrected chi connectivity index (χ3v) is 6.04. The van der Waals surface area contributed by atoms with Gasteiger partial charge in [0.2, 0.25) is 0 Å². The van der Waals surface area contributed by atoms with Gasteiger partial charge >= 0.3 is 6.09 Å². The zero-order chi connectivity index (χ0) is 26.9. The average molecular weight is 510 g/mol. The normalized spacial score (nSPS) is 15.3. The maximum Gasteiger partial charge on any atom is 0.408 e. The number of carbonyl (C=O) groups is 2. The van der Waals surface area contributed by atoms with Gasteiger partial charge in [0.05, 0.1) is 34.7 Å². The van der Waals surface area contributed by atoms with E-state index in [9.17, 15) is 14.9 Å². The number of carbonyl (C=O) groups excluding carboxylic acids is 2. The fraction of sp³-hybridized carbons (Fsp3) is 0.241. The van der Waals surface area contributed by atoms with Gasteiger partial charge in [-0.15, -0.1) is 0 Å². The SMILES string of the molecule is CC(C)(C)OC(=O)NC1COc2ccccc2N(Cc2nn(-c3ccccc3C#N)c3ccccc23)C1=O. The van der Waals surface area contributed by atoms with Crippen LogP contribution in [0.1, 0.15) is 32.0 Å². The van der Waals surface area contributed by atoms with Crippen LogP contribution in [-0.4, -0.2) is 40.0 Å². The van der Waals surface area contributed by atoms with E-state index < -0.39 is 17.7 Å². The molecule has 5 rings (SSSR count). The summed E-state index contributed by atoms with van der Waals surface area (Å²) in [5, 5.41) is 18.0. The number of ether oxygens (including phenoxy) is 2. The Kier molecular flexibility index (Phi) is 6.47. The van der Waals surface area contributed by atoms with E-state index in [0.717, 1.165) is 10.9 Å². The molecular formula is C29H27N5O4. The molecule has 1 aliphatic rings. The van der Waals surface area contributed by atoms with Gasteiger partial charge in [-0.3, -0.25) is 4.79 Å². The summed E-state index contributed by atoms with van der Waals surface area (Å²) in [5.41, 5.74) is 2.43. The van der Waals surface area contributed by atoms with Crippen LogP contribution in [0.2, 0.25) is 0 Å². The fourth-order valence-corrected chi connectivity index (χ4v) is 4.40. The second-order valence-electron chi connectivity index (χ2n) is 9.91. The molecule has 1 unspecified atom stereocenters. The molecule has 0 saturated heterocycles. The van der Waals surface area contributed by atoms with Crippen LogP contribution in [0, 0.1) is 11.3 Å². The number of rotatable bonds is 4. The van der Waals surface area contributed by atoms with Crippen molar-refractivity contribution in [3.63, 3.8) is 0 Å². The molecule has 0 fully saturated rings. The van der Waals surface area contributed by atoms with Gasteiger partial charge in [0.25, 0.3) is 5.91 Å². The van der Waals surface area contributed by atoms with Gasteiger partial charge in [-0.05, 0) is 51.1 Å². The van der Waals surface area contributed by atoms with Crippen LogP contribution in [0.15, 0.2) is 72.8 Å². The van der Waals surface area contributed by atoms with E-state index in [2.05, 4.69) is 11.4 Å². The van der Waals surface area contributed by atoms with E-state index in [4.69, 9.17) is 14.6 Å². The minimum absolute atomic E-state index is 0.0453. The smallest absolute Gasteiger partial charge is 0.408 e. The van der Waals surface area contributed by atoms with Gasteiger partial charge in [-0.2, -0.15) is 10.4 Å². The lowest BCUT2D eigenvalue weighted by atomic mass is 10.1. The number of fused-ring (bicyclic) bond motifs is 2. The third kappa shape index (κ3) is 4.89. The summed E-state index contributed by atoms with van der Waals surface area (Å²) in [5.74, 6) is 0.171. The van der Waals surface area contributed by atoms with E-state index in [1.165, 1.54) is 0 Å². The van der Waals surface area contributed by atoms with Crippen molar-refractivity contribution >= 4 is 28.6 Å². The van der Waals surface area contributed by atoms with Gasteiger partial charge in [0.15, 0.2) is 0 Å². The van der Waals surface area contributed by atoms with Gasteiger partial charge in [0.1, 0.15) is 30.1 Å². The summed E-state index contributed by atoms with van der Waals surface area (Å²) in [6, 6.07) is 23.4. The van der Waals surface area contributed by atoms with Crippen molar-refractivity contribution in [3.05, 3.63) is 84.1 Å². The average Bonchev–Trinajstić information content (AvgIpc) is 3.20. The number of benzene rings is 3. The minimum atomic E-state index is -0.968. The number of alkyl carbamates (subject to hydrolysis) is 1. The first-order chi connectivity index (χ1) is 18.2. The van der Waals surface area contributed by atoms with E-state index in [1.807, 2.05) is 48.5 Å². The molecule has 192 valence electrons. The maximum absolute atomic E-state index is 13.8. The monoisotopic (exact) mass is 509 g/mol. The molecule has 1 aromatic heterocycles. The Bertz CT molecular complexity index is 1560. The number of aromatic nitrogens is 2. The molecule has 2 heterocycles. The van der Waals surface area contributed by atoms with Crippen molar-refractivity contribution in [2.45, 2.75) is 39.0 Å². The molecule has 4 aromatic rings. The molecule has 0 spiro atoms. The lowest BCUT2D eigenvalue weighted by Crippen LogP contribution is -2.51. The topological polar surface area (TPSA) is 109 Å². The molecule has 3 aromatic carbocycles. The molecule has 0 radical (unpaired) electrons. The molecule has 0 bridgehead atoms. The van der Waals surface area contributed by atoms with E-state index in [1.54, 1.807) is 54.6 Å². The minimum Gasteiger partial charge on any atom is -0.489 e. The van der Waals surface area contributed by atoms with Crippen LogP contribution >= 0.6 is 0 Å². The zero-order valence-electron chi connectivity index (χ0n) is 21.3. The van der Waals surface area contributed by atoms with Gasteiger partial charge in [-0.1, -0.05) is 42.5 Å². The molecule has 2 amide bonds. The first-order valence-corrected chi connectivity index (χ1v) is 12.2. The fourth-order valence-electron chi connectivity index (χ4n) is 4.40. The highest BCUT2D eigenvalue weighted by molar-refractivity contribution is 6.01. The van der Waals surface area contributed by atoms with Crippen molar-refractivity contribution in [1.29, 1.82) is 5.26 Å². The molecule has 1 N–H and O–H groups in total. The van der Waals surface area contributed by atoms with Crippen LogP contribution in [0.5, 0.6) is 5.75 Å². The van der Waals surface area contributed by atoms with Crippen molar-refractivity contribution in [3.8, 4) is 17.5 Å². The predicted molar refractivity (Wildman–Crippen MR) is 142 cm³/mol. The van der Waals surface area contributed by atoms with Crippen LogP contribution in [0.3, 0.4) is 0 Å². The van der Waals surface area contributed by atoms with Gasteiger partial charge in [0, 0.05) is 5.39 Å². The van der Waals surface area contributed by atoms with Crippen LogP contribution in [-0.2, 0) is 16.1 Å². The predicted octanol–water partition coefficient (Wildman–Crippen LogP) is 4.72. The highest BCUT2D eigenvalue weighted by atomic mass is 16.6. The summed E-state index contributed by atoms with van der Waals surface area (Å²) in [6.07, 6.45) is -0.701. The van der Waals surface area contributed by atoms with Gasteiger partial charge in [-0.25, -0.2) is 9.48 Å². The third-order valence-electron chi connectivity index (χ3n) is 6.04. The molecule has 38 heavy (non-hydrogen) atoms. The Morgan fingerprint density at radius 1 is 1.08 bits per heavy atom. The Labute approximate surface area is 220 Å². The van der Waals surface area contributed by atoms with E-state index in [0.29, 0.717) is 28.4 Å². The molecule has 9 heteroatoms. The highest BCUT2D eigenvalue weighted by Gasteiger charge is 2.34. The second-order valence-corrected chi connectivity index (χ2v) is 9.91. The number of nitrogens with zero attached hydrogens (tertiary/aromatic N) is 4. The van der Waals surface area contributed by atoms with Crippen LogP contribution < -0.4 is 15.0 Å². The lowest BCUT2D eigenvalue weighted by Gasteiger charge is -2.25. The first-order valence-electron chi connectivity index (χ1n) is 12.2. The summed E-state index contributed by atoms with van der Waals surface area (Å²) < 4.78 is 13.0. The number of anilines is 1. The summed E-state index contributed by atoms with van der Waals surface area (Å²) >= 11 is 0. The second kappa shape index (κ2) is 9.90. The van der Waals surface area contributed by atoms with E-state index in [-0.39, 0.29) is 19.1 Å². The molecule has 0 aliphatic carbocycles. The Morgan fingerprint density at radius 2 is 1.76 bits per heavy atom. The number of hydrogen-bond donors (Lipinski definition) is 1. The van der Waals surface area contributed by atoms with Crippen molar-refractivity contribution in [2.24, 2.45) is 0 Å². The molecular weight excluding hydrogens is 482 g/mol. The molecule has 1 aliphatic heterocycles. The van der Waals surface area contributed by atoms with Crippen molar-refractivity contribution in [1.82, 2.24) is 15.1 Å². The highest BCUT2D eigenvalue weighted by Crippen LogP contribution is 2.34. The number of amides is 2. The summed E-state index contributed by atoms with van der Waals surface area (Å²) in [6.45, 7) is 5.34. The first kappa shape index (κ1) is 24.8. The Hall–Kier alpha value is -4.84. The van der Waals surface area contributed by atoms with Crippen molar-refractivity contribution < 1.29 is 19.1 Å². The summed E-state index contributed by atoms with van der Waals surface area (Å²) in [7, 11) is 0. The van der Waals surface area contributed by atoms with Crippen LogP contribution in [0.25, 0.3) is 16.6 Å². The van der Waals surface area contributed by atoms with Gasteiger partial charge < -0.3 is 19.7 Å². The molecule has 9 nitrogen and oxygen atoms in total. The quantitative estimate of drug-likeness (QED) is 0.427. The van der Waals surface area contributed by atoms with Crippen LogP contribution in [0.4, 0.5) is 10.5 Å². The standard InChI is InChI=1S/C29H27N5O4/c1-29(2,3)38-28(36)31-22-18-37-26-15-9-8-14-25(26)33(27(22)35)17-21-20-11-5-7-13-24(20)34(32-21)23-12-6-4-10-19(23)16-30/h4-15,22H,17-18H2,1-3H3,(H,31,36). The number of para-hydroxylation sites is 4. The van der Waals surface area contributed by atoms with E-state index >= 15 is 0 Å². The maximum atomic E-state index is 13.8. The lowest BCUT2D eigenvalue weighted by molar-refractivity contribution is -0.121.